The molecule has 10 aromatic rings. The summed E-state index contributed by atoms with van der Waals surface area (Å²) in [6.07, 6.45) is 0. The van der Waals surface area contributed by atoms with E-state index in [4.69, 9.17) is 9.97 Å². The van der Waals surface area contributed by atoms with Gasteiger partial charge in [0, 0.05) is 21.9 Å². The molecular weight excluding hydrogens is 581 g/mol. The minimum atomic E-state index is 0.914. The van der Waals surface area contributed by atoms with E-state index in [0.717, 1.165) is 44.3 Å². The highest BCUT2D eigenvalue weighted by Gasteiger charge is 2.18. The number of benzene rings is 8. The molecule has 0 radical (unpaired) electrons. The van der Waals surface area contributed by atoms with Gasteiger partial charge in [-0.2, -0.15) is 0 Å². The van der Waals surface area contributed by atoms with E-state index in [1.165, 1.54) is 54.2 Å². The van der Waals surface area contributed by atoms with Crippen LogP contribution in [0, 0.1) is 0 Å². The largest absolute Gasteiger partial charge is 0.245 e. The van der Waals surface area contributed by atoms with Crippen molar-refractivity contribution in [1.29, 1.82) is 0 Å². The first kappa shape index (κ1) is 26.8. The Morgan fingerprint density at radius 2 is 0.750 bits per heavy atom. The Morgan fingerprint density at radius 3 is 1.40 bits per heavy atom. The Morgan fingerprint density at radius 1 is 0.292 bits per heavy atom. The van der Waals surface area contributed by atoms with Crippen LogP contribution in [-0.2, 0) is 0 Å². The van der Waals surface area contributed by atoms with Crippen LogP contribution >= 0.6 is 0 Å². The summed E-state index contributed by atoms with van der Waals surface area (Å²) in [6, 6.07) is 60.8. The minimum Gasteiger partial charge on any atom is -0.245 e. The van der Waals surface area contributed by atoms with E-state index in [0.29, 0.717) is 0 Å². The third kappa shape index (κ3) is 4.06. The van der Waals surface area contributed by atoms with Gasteiger partial charge in [-0.05, 0) is 72.4 Å². The molecule has 48 heavy (non-hydrogen) atoms. The first-order valence-corrected chi connectivity index (χ1v) is 16.4. The second kappa shape index (κ2) is 10.6. The van der Waals surface area contributed by atoms with Gasteiger partial charge >= 0.3 is 0 Å². The molecule has 8 aromatic carbocycles. The summed E-state index contributed by atoms with van der Waals surface area (Å²) in [7, 11) is 0. The normalized spacial score (nSPS) is 11.8. The van der Waals surface area contributed by atoms with Gasteiger partial charge in [0.2, 0.25) is 0 Å². The quantitative estimate of drug-likeness (QED) is 0.147. The van der Waals surface area contributed by atoms with E-state index >= 15 is 0 Å². The molecule has 0 atom stereocenters. The van der Waals surface area contributed by atoms with Gasteiger partial charge in [-0.25, -0.2) is 9.97 Å². The molecule has 0 unspecified atom stereocenters. The van der Waals surface area contributed by atoms with Crippen molar-refractivity contribution in [2.45, 2.75) is 0 Å². The van der Waals surface area contributed by atoms with E-state index in [1.54, 1.807) is 0 Å². The maximum atomic E-state index is 5.46. The Kier molecular flexibility index (Phi) is 5.91. The molecule has 0 aliphatic rings. The molecule has 0 aliphatic heterocycles. The fourth-order valence-corrected chi connectivity index (χ4v) is 7.64. The fraction of sp³-hybridized carbons (Fsp3) is 0. The molecule has 0 saturated heterocycles. The van der Waals surface area contributed by atoms with Crippen molar-refractivity contribution in [3.05, 3.63) is 170 Å². The molecule has 0 saturated carbocycles. The highest BCUT2D eigenvalue weighted by Crippen LogP contribution is 2.44. The lowest BCUT2D eigenvalue weighted by atomic mass is 9.87. The van der Waals surface area contributed by atoms with Crippen molar-refractivity contribution in [2.75, 3.05) is 0 Å². The molecule has 2 aromatic heterocycles. The van der Waals surface area contributed by atoms with Crippen molar-refractivity contribution in [3.63, 3.8) is 0 Å². The second-order valence-electron chi connectivity index (χ2n) is 12.5. The van der Waals surface area contributed by atoms with E-state index < -0.39 is 0 Å². The van der Waals surface area contributed by atoms with Crippen LogP contribution in [0.25, 0.3) is 98.5 Å². The Bertz CT molecular complexity index is 2830. The first-order valence-electron chi connectivity index (χ1n) is 16.4. The number of hydrogen-bond acceptors (Lipinski definition) is 2. The van der Waals surface area contributed by atoms with Gasteiger partial charge in [0.25, 0.3) is 0 Å². The molecule has 2 heteroatoms. The summed E-state index contributed by atoms with van der Waals surface area (Å²) in [5.41, 5.74) is 8.48. The van der Waals surface area contributed by atoms with Gasteiger partial charge in [0.05, 0.1) is 22.4 Å². The topological polar surface area (TPSA) is 25.8 Å². The molecule has 0 aliphatic carbocycles. The standard InChI is InChI=1S/C46H28N2/c1-2-12-29(13-3-1)43-36-18-8-10-20-38(36)44(39-21-11-9-19-37(39)43)42-27-25-31-23-22-30-24-26-41(47-45(30)46(31)48-42)40-28-32-14-4-5-15-33(32)34-16-6-7-17-35(34)40/h1-28H. The van der Waals surface area contributed by atoms with Crippen LogP contribution in [0.15, 0.2) is 170 Å². The molecule has 0 spiro atoms. The number of nitrogens with zero attached hydrogens (tertiary/aromatic N) is 2. The van der Waals surface area contributed by atoms with E-state index in [1.807, 2.05) is 0 Å². The van der Waals surface area contributed by atoms with Crippen molar-refractivity contribution in [3.8, 4) is 33.6 Å². The second-order valence-corrected chi connectivity index (χ2v) is 12.5. The zero-order chi connectivity index (χ0) is 31.6. The number of rotatable bonds is 3. The van der Waals surface area contributed by atoms with Crippen LogP contribution in [0.5, 0.6) is 0 Å². The highest BCUT2D eigenvalue weighted by atomic mass is 14.8. The molecule has 0 amide bonds. The van der Waals surface area contributed by atoms with Gasteiger partial charge < -0.3 is 0 Å². The van der Waals surface area contributed by atoms with Crippen molar-refractivity contribution in [2.24, 2.45) is 0 Å². The summed E-state index contributed by atoms with van der Waals surface area (Å²) in [6.45, 7) is 0. The lowest BCUT2D eigenvalue weighted by Gasteiger charge is -2.17. The molecule has 0 N–H and O–H groups in total. The molecule has 0 bridgehead atoms. The third-order valence-corrected chi connectivity index (χ3v) is 9.81. The zero-order valence-corrected chi connectivity index (χ0v) is 26.1. The van der Waals surface area contributed by atoms with E-state index in [9.17, 15) is 0 Å². The summed E-state index contributed by atoms with van der Waals surface area (Å²) in [5.74, 6) is 0. The van der Waals surface area contributed by atoms with Gasteiger partial charge in [-0.1, -0.05) is 152 Å². The smallest absolute Gasteiger partial charge is 0.0972 e. The summed E-state index contributed by atoms with van der Waals surface area (Å²) < 4.78 is 0. The van der Waals surface area contributed by atoms with Gasteiger partial charge in [-0.15, -0.1) is 0 Å². The van der Waals surface area contributed by atoms with Crippen molar-refractivity contribution in [1.82, 2.24) is 9.97 Å². The maximum absolute atomic E-state index is 5.46. The molecule has 2 heterocycles. The summed E-state index contributed by atoms with van der Waals surface area (Å²) in [5, 5.41) is 11.9. The summed E-state index contributed by atoms with van der Waals surface area (Å²) in [4.78, 5) is 10.8. The van der Waals surface area contributed by atoms with Crippen LogP contribution in [0.3, 0.4) is 0 Å². The molecule has 0 fully saturated rings. The number of hydrogen-bond donors (Lipinski definition) is 0. The fourth-order valence-electron chi connectivity index (χ4n) is 7.64. The van der Waals surface area contributed by atoms with Crippen molar-refractivity contribution >= 4 is 64.9 Å². The van der Waals surface area contributed by atoms with Gasteiger partial charge in [0.1, 0.15) is 0 Å². The summed E-state index contributed by atoms with van der Waals surface area (Å²) >= 11 is 0. The van der Waals surface area contributed by atoms with Gasteiger partial charge in [0.15, 0.2) is 0 Å². The Hall–Kier alpha value is -6.38. The third-order valence-electron chi connectivity index (χ3n) is 9.81. The van der Waals surface area contributed by atoms with Crippen LogP contribution in [-0.4, -0.2) is 9.97 Å². The lowest BCUT2D eigenvalue weighted by Crippen LogP contribution is -1.94. The molecule has 222 valence electrons. The highest BCUT2D eigenvalue weighted by molar-refractivity contribution is 6.21. The SMILES string of the molecule is c1ccc(-c2c3ccccc3c(-c3ccc4ccc5ccc(-c6cc7ccccc7c7ccccc67)nc5c4n3)c3ccccc23)cc1. The maximum Gasteiger partial charge on any atom is 0.0972 e. The molecule has 2 nitrogen and oxygen atoms in total. The average Bonchev–Trinajstić information content (AvgIpc) is 3.16. The number of pyridine rings is 2. The molecular formula is C46H28N2. The average molecular weight is 609 g/mol. The van der Waals surface area contributed by atoms with Crippen LogP contribution < -0.4 is 0 Å². The predicted octanol–water partition coefficient (Wildman–Crippen LogP) is 12.4. The van der Waals surface area contributed by atoms with Crippen LogP contribution in [0.2, 0.25) is 0 Å². The number of fused-ring (bicyclic) bond motifs is 8. The number of aromatic nitrogens is 2. The van der Waals surface area contributed by atoms with Gasteiger partial charge in [-0.3, -0.25) is 0 Å². The lowest BCUT2D eigenvalue weighted by molar-refractivity contribution is 1.38. The van der Waals surface area contributed by atoms with Crippen molar-refractivity contribution < 1.29 is 0 Å². The zero-order valence-electron chi connectivity index (χ0n) is 26.1. The first-order chi connectivity index (χ1) is 23.8. The Labute approximate surface area is 277 Å². The van der Waals surface area contributed by atoms with Crippen LogP contribution in [0.4, 0.5) is 0 Å². The monoisotopic (exact) mass is 608 g/mol. The van der Waals surface area contributed by atoms with Crippen LogP contribution in [0.1, 0.15) is 0 Å². The van der Waals surface area contributed by atoms with E-state index in [2.05, 4.69) is 170 Å². The molecule has 10 rings (SSSR count). The predicted molar refractivity (Wildman–Crippen MR) is 203 cm³/mol. The minimum absolute atomic E-state index is 0.914. The Balaban J connectivity index is 1.25. The van der Waals surface area contributed by atoms with E-state index in [-0.39, 0.29) is 0 Å².